The Hall–Kier alpha value is -1.15. The number of carboxylic acid groups (broad SMARTS) is 1. The first-order valence-electron chi connectivity index (χ1n) is 5.49. The maximum Gasteiger partial charge on any atom is 0.304 e. The van der Waals surface area contributed by atoms with Crippen LogP contribution in [0.1, 0.15) is 12.0 Å². The second kappa shape index (κ2) is 6.85. The van der Waals surface area contributed by atoms with Crippen molar-refractivity contribution in [1.29, 1.82) is 0 Å². The van der Waals surface area contributed by atoms with E-state index in [1.54, 1.807) is 24.3 Å². The van der Waals surface area contributed by atoms with Crippen LogP contribution in [-0.4, -0.2) is 37.4 Å². The van der Waals surface area contributed by atoms with Crippen molar-refractivity contribution >= 4 is 27.8 Å². The fourth-order valence-corrected chi connectivity index (χ4v) is 2.39. The predicted molar refractivity (Wildman–Crippen MR) is 72.1 cm³/mol. The van der Waals surface area contributed by atoms with E-state index in [9.17, 15) is 13.2 Å². The van der Waals surface area contributed by atoms with Crippen molar-refractivity contribution in [3.8, 4) is 0 Å². The lowest BCUT2D eigenvalue weighted by Gasteiger charge is -2.17. The number of nitrogens with one attached hydrogen (secondary N) is 1. The zero-order chi connectivity index (χ0) is 14.5. The van der Waals surface area contributed by atoms with Gasteiger partial charge in [0.2, 0.25) is 0 Å². The van der Waals surface area contributed by atoms with Gasteiger partial charge in [0.05, 0.1) is 6.42 Å². The van der Waals surface area contributed by atoms with Gasteiger partial charge in [0.25, 0.3) is 10.2 Å². The van der Waals surface area contributed by atoms with Crippen LogP contribution in [0.2, 0.25) is 5.02 Å². The van der Waals surface area contributed by atoms with Crippen molar-refractivity contribution in [2.45, 2.75) is 13.0 Å². The normalized spacial score (nSPS) is 11.7. The van der Waals surface area contributed by atoms with Gasteiger partial charge in [0.1, 0.15) is 0 Å². The van der Waals surface area contributed by atoms with Gasteiger partial charge in [0, 0.05) is 25.2 Å². The summed E-state index contributed by atoms with van der Waals surface area (Å²) in [5.41, 5.74) is 0.652. The zero-order valence-electron chi connectivity index (χ0n) is 10.3. The Morgan fingerprint density at radius 1 is 1.42 bits per heavy atom. The molecule has 0 saturated heterocycles. The molecule has 8 heteroatoms. The lowest BCUT2D eigenvalue weighted by atomic mass is 10.2. The summed E-state index contributed by atoms with van der Waals surface area (Å²) in [5.74, 6) is -1.05. The molecule has 0 aromatic heterocycles. The molecule has 0 aliphatic carbocycles. The van der Waals surface area contributed by atoms with E-state index < -0.39 is 16.2 Å². The summed E-state index contributed by atoms with van der Waals surface area (Å²) in [4.78, 5) is 10.4. The highest BCUT2D eigenvalue weighted by atomic mass is 35.5. The largest absolute Gasteiger partial charge is 0.481 e. The molecule has 0 saturated carbocycles. The van der Waals surface area contributed by atoms with Crippen LogP contribution in [0.25, 0.3) is 0 Å². The summed E-state index contributed by atoms with van der Waals surface area (Å²) >= 11 is 5.91. The number of carboxylic acids is 1. The summed E-state index contributed by atoms with van der Waals surface area (Å²) in [5, 5.41) is 8.98. The second-order valence-corrected chi connectivity index (χ2v) is 6.15. The topological polar surface area (TPSA) is 86.7 Å². The molecule has 0 unspecified atom stereocenters. The van der Waals surface area contributed by atoms with E-state index in [-0.39, 0.29) is 19.5 Å². The molecule has 0 heterocycles. The monoisotopic (exact) mass is 306 g/mol. The van der Waals surface area contributed by atoms with Crippen molar-refractivity contribution in [2.24, 2.45) is 0 Å². The molecule has 0 aliphatic heterocycles. The number of carbonyl (C=O) groups is 1. The van der Waals surface area contributed by atoms with Crippen LogP contribution in [0, 0.1) is 0 Å². The molecule has 0 fully saturated rings. The van der Waals surface area contributed by atoms with E-state index in [1.807, 2.05) is 0 Å². The Morgan fingerprint density at radius 3 is 2.63 bits per heavy atom. The van der Waals surface area contributed by atoms with Crippen LogP contribution in [0.3, 0.4) is 0 Å². The van der Waals surface area contributed by atoms with Gasteiger partial charge in [-0.25, -0.2) is 0 Å². The van der Waals surface area contributed by atoms with Crippen LogP contribution in [-0.2, 0) is 21.5 Å². The molecular weight excluding hydrogens is 292 g/mol. The highest BCUT2D eigenvalue weighted by Crippen LogP contribution is 2.14. The van der Waals surface area contributed by atoms with E-state index in [1.165, 1.54) is 7.05 Å². The third-order valence-corrected chi connectivity index (χ3v) is 4.33. The molecule has 0 amide bonds. The average Bonchev–Trinajstić information content (AvgIpc) is 2.34. The summed E-state index contributed by atoms with van der Waals surface area (Å²) in [6, 6.07) is 6.88. The molecule has 0 radical (unpaired) electrons. The second-order valence-electron chi connectivity index (χ2n) is 3.88. The van der Waals surface area contributed by atoms with Crippen LogP contribution in [0.4, 0.5) is 0 Å². The van der Waals surface area contributed by atoms with Gasteiger partial charge in [0.15, 0.2) is 0 Å². The minimum Gasteiger partial charge on any atom is -0.481 e. The smallest absolute Gasteiger partial charge is 0.304 e. The third-order valence-electron chi connectivity index (χ3n) is 2.45. The first-order chi connectivity index (χ1) is 8.83. The van der Waals surface area contributed by atoms with Crippen molar-refractivity contribution in [3.05, 3.63) is 34.9 Å². The zero-order valence-corrected chi connectivity index (χ0v) is 11.9. The summed E-state index contributed by atoms with van der Waals surface area (Å²) < 4.78 is 26.9. The van der Waals surface area contributed by atoms with Crippen molar-refractivity contribution in [2.75, 3.05) is 13.6 Å². The molecule has 1 aromatic rings. The van der Waals surface area contributed by atoms with Gasteiger partial charge in [-0.15, -0.1) is 0 Å². The minimum absolute atomic E-state index is 0.0550. The highest BCUT2D eigenvalue weighted by Gasteiger charge is 2.18. The molecular formula is C11H15ClN2O4S. The van der Waals surface area contributed by atoms with E-state index in [4.69, 9.17) is 16.7 Å². The molecule has 0 bridgehead atoms. The fourth-order valence-electron chi connectivity index (χ4n) is 1.29. The van der Waals surface area contributed by atoms with Gasteiger partial charge in [-0.05, 0) is 11.6 Å². The third kappa shape index (κ3) is 5.15. The van der Waals surface area contributed by atoms with E-state index >= 15 is 0 Å². The van der Waals surface area contributed by atoms with Crippen molar-refractivity contribution in [1.82, 2.24) is 9.03 Å². The van der Waals surface area contributed by atoms with E-state index in [0.29, 0.717) is 10.6 Å². The number of rotatable bonds is 7. The van der Waals surface area contributed by atoms with E-state index in [2.05, 4.69) is 4.72 Å². The van der Waals surface area contributed by atoms with Gasteiger partial charge in [-0.3, -0.25) is 4.79 Å². The Balaban J connectivity index is 2.60. The highest BCUT2D eigenvalue weighted by molar-refractivity contribution is 7.87. The van der Waals surface area contributed by atoms with Crippen molar-refractivity contribution < 1.29 is 18.3 Å². The lowest BCUT2D eigenvalue weighted by molar-refractivity contribution is -0.137. The number of aliphatic carboxylic acids is 1. The van der Waals surface area contributed by atoms with Crippen LogP contribution in [0.5, 0.6) is 0 Å². The summed E-state index contributed by atoms with van der Waals surface area (Å²) in [6.45, 7) is -0.0351. The fraction of sp³-hybridized carbons (Fsp3) is 0.364. The Kier molecular flexibility index (Phi) is 5.74. The summed E-state index contributed by atoms with van der Waals surface area (Å²) in [7, 11) is -2.39. The molecule has 19 heavy (non-hydrogen) atoms. The van der Waals surface area contributed by atoms with Crippen molar-refractivity contribution in [3.63, 3.8) is 0 Å². The molecule has 6 nitrogen and oxygen atoms in total. The van der Waals surface area contributed by atoms with Gasteiger partial charge in [-0.1, -0.05) is 29.8 Å². The van der Waals surface area contributed by atoms with Gasteiger partial charge in [-0.2, -0.15) is 17.4 Å². The molecule has 0 aliphatic rings. The Bertz CT molecular complexity index is 547. The van der Waals surface area contributed by atoms with E-state index in [0.717, 1.165) is 4.31 Å². The first-order valence-corrected chi connectivity index (χ1v) is 7.31. The molecule has 1 rings (SSSR count). The Morgan fingerprint density at radius 2 is 2.05 bits per heavy atom. The molecule has 106 valence electrons. The number of nitrogens with zero attached hydrogens (tertiary/aromatic N) is 1. The standard InChI is InChI=1S/C11H15ClN2O4S/c1-14(7-6-11(15)16)19(17,18)13-8-9-4-2-3-5-10(9)12/h2-5,13H,6-8H2,1H3,(H,15,16). The molecule has 1 aromatic carbocycles. The first kappa shape index (κ1) is 15.9. The maximum absolute atomic E-state index is 11.8. The number of benzene rings is 1. The van der Waals surface area contributed by atoms with Crippen LogP contribution in [0.15, 0.2) is 24.3 Å². The average molecular weight is 307 g/mol. The maximum atomic E-state index is 11.8. The Labute approximate surface area is 117 Å². The van der Waals surface area contributed by atoms with Gasteiger partial charge >= 0.3 is 5.97 Å². The lowest BCUT2D eigenvalue weighted by Crippen LogP contribution is -2.38. The van der Waals surface area contributed by atoms with Crippen LogP contribution >= 0.6 is 11.6 Å². The predicted octanol–water partition coefficient (Wildman–Crippen LogP) is 1.08. The molecule has 0 spiro atoms. The SMILES string of the molecule is CN(CCC(=O)O)S(=O)(=O)NCc1ccccc1Cl. The number of hydrogen-bond donors (Lipinski definition) is 2. The minimum atomic E-state index is -3.71. The molecule has 0 atom stereocenters. The quantitative estimate of drug-likeness (QED) is 0.789. The van der Waals surface area contributed by atoms with Gasteiger partial charge < -0.3 is 5.11 Å². The summed E-state index contributed by atoms with van der Waals surface area (Å²) in [6.07, 6.45) is -0.247. The number of halogens is 1. The molecule has 2 N–H and O–H groups in total. The van der Waals surface area contributed by atoms with Crippen LogP contribution < -0.4 is 4.72 Å². The number of hydrogen-bond acceptors (Lipinski definition) is 3.